The molecule has 0 aliphatic rings. The largest absolute Gasteiger partial charge is 0.661 e. The zero-order valence-corrected chi connectivity index (χ0v) is 18.2. The molecule has 0 aromatic carbocycles. The molecule has 0 bridgehead atoms. The first-order valence-electron chi connectivity index (χ1n) is 7.76. The van der Waals surface area contributed by atoms with Gasteiger partial charge in [-0.15, -0.1) is 13.1 Å². The van der Waals surface area contributed by atoms with E-state index in [4.69, 9.17) is 5.32 Å². The van der Waals surface area contributed by atoms with Gasteiger partial charge in [0.15, 0.2) is 0 Å². The van der Waals surface area contributed by atoms with Crippen LogP contribution in [0.1, 0.15) is 55.4 Å². The van der Waals surface area contributed by atoms with Crippen LogP contribution in [0.3, 0.4) is 0 Å². The van der Waals surface area contributed by atoms with Gasteiger partial charge >= 0.3 is 0 Å². The van der Waals surface area contributed by atoms with Crippen molar-refractivity contribution in [1.29, 1.82) is 0 Å². The first-order chi connectivity index (χ1) is 8.62. The molecular formula is C16H36IrN2P-. The van der Waals surface area contributed by atoms with Gasteiger partial charge in [-0.25, -0.2) is 0 Å². The zero-order valence-electron chi connectivity index (χ0n) is 14.9. The van der Waals surface area contributed by atoms with Crippen LogP contribution in [0.4, 0.5) is 0 Å². The average molecular weight is 480 g/mol. The molecule has 0 heterocycles. The van der Waals surface area contributed by atoms with E-state index in [1.807, 2.05) is 0 Å². The van der Waals surface area contributed by atoms with E-state index in [-0.39, 0.29) is 28.0 Å². The first-order valence-corrected chi connectivity index (χ1v) is 9.29. The van der Waals surface area contributed by atoms with Crippen molar-refractivity contribution >= 4 is 7.92 Å². The molecule has 2 nitrogen and oxygen atoms in total. The van der Waals surface area contributed by atoms with Crippen LogP contribution in [0.15, 0.2) is 0 Å². The summed E-state index contributed by atoms with van der Waals surface area (Å²) in [7, 11) is 0.0107. The van der Waals surface area contributed by atoms with E-state index in [1.165, 1.54) is 6.16 Å². The molecule has 0 fully saturated rings. The summed E-state index contributed by atoms with van der Waals surface area (Å²) in [6.07, 6.45) is 1.28. The Balaban J connectivity index is 0. The normalized spacial score (nSPS) is 12.9. The second-order valence-electron chi connectivity index (χ2n) is 7.19. The second kappa shape index (κ2) is 10.7. The van der Waals surface area contributed by atoms with Crippen LogP contribution in [0.5, 0.6) is 0 Å². The zero-order chi connectivity index (χ0) is 15.1. The van der Waals surface area contributed by atoms with Gasteiger partial charge in [0, 0.05) is 20.1 Å². The van der Waals surface area contributed by atoms with Crippen molar-refractivity contribution in [2.75, 3.05) is 38.9 Å². The van der Waals surface area contributed by atoms with E-state index in [1.54, 1.807) is 0 Å². The quantitative estimate of drug-likeness (QED) is 0.362. The van der Waals surface area contributed by atoms with E-state index in [9.17, 15) is 0 Å². The van der Waals surface area contributed by atoms with Crippen LogP contribution in [0, 0.1) is 0 Å². The van der Waals surface area contributed by atoms with E-state index in [2.05, 4.69) is 60.3 Å². The molecule has 0 saturated carbocycles. The van der Waals surface area contributed by atoms with Gasteiger partial charge in [0.2, 0.25) is 0 Å². The van der Waals surface area contributed by atoms with E-state index in [0.29, 0.717) is 10.3 Å². The molecule has 125 valence electrons. The van der Waals surface area contributed by atoms with Crippen LogP contribution < -0.4 is 0 Å². The first kappa shape index (κ1) is 23.3. The van der Waals surface area contributed by atoms with Gasteiger partial charge in [-0.1, -0.05) is 69.5 Å². The molecular weight excluding hydrogens is 443 g/mol. The second-order valence-corrected chi connectivity index (χ2v) is 11.2. The summed E-state index contributed by atoms with van der Waals surface area (Å²) < 4.78 is 0. The van der Waals surface area contributed by atoms with E-state index < -0.39 is 0 Å². The summed E-state index contributed by atoms with van der Waals surface area (Å²) in [5.74, 6) is 0. The van der Waals surface area contributed by atoms with Crippen LogP contribution in [-0.4, -0.2) is 54.1 Å². The Labute approximate surface area is 143 Å². The Morgan fingerprint density at radius 3 is 1.65 bits per heavy atom. The molecule has 0 aromatic heterocycles. The fraction of sp³-hybridized carbons (Fsp3) is 1.00. The Bertz CT molecular complexity index is 216. The smallest absolute Gasteiger partial charge is 0 e. The van der Waals surface area contributed by atoms with Crippen molar-refractivity contribution in [3.8, 4) is 0 Å². The van der Waals surface area contributed by atoms with Crippen molar-refractivity contribution in [2.45, 2.75) is 65.7 Å². The van der Waals surface area contributed by atoms with E-state index >= 15 is 0 Å². The van der Waals surface area contributed by atoms with Crippen LogP contribution in [0.25, 0.3) is 5.32 Å². The topological polar surface area (TPSA) is 17.3 Å². The van der Waals surface area contributed by atoms with Gasteiger partial charge in [0.25, 0.3) is 0 Å². The molecule has 0 spiro atoms. The van der Waals surface area contributed by atoms with Crippen LogP contribution in [0.2, 0.25) is 0 Å². The molecule has 1 radical (unpaired) electrons. The number of likely N-dealkylation sites (N-methyl/N-ethyl adjacent to an activating group) is 1. The molecule has 0 atom stereocenters. The number of rotatable bonds is 8. The molecule has 0 aliphatic heterocycles. The molecule has 0 aliphatic carbocycles. The summed E-state index contributed by atoms with van der Waals surface area (Å²) >= 11 is 0. The average Bonchev–Trinajstić information content (AvgIpc) is 2.24. The summed E-state index contributed by atoms with van der Waals surface area (Å²) in [4.78, 5) is 2.44. The SMILES string of the molecule is CCN(CC)CC[N-]CCP(C(C)(C)C)C(C)(C)C.[Ir]. The van der Waals surface area contributed by atoms with Crippen molar-refractivity contribution in [1.82, 2.24) is 4.90 Å². The Hall–Kier alpha value is 0.999. The maximum Gasteiger partial charge on any atom is 0 e. The van der Waals surface area contributed by atoms with Crippen LogP contribution >= 0.6 is 7.92 Å². The molecule has 0 unspecified atom stereocenters. The van der Waals surface area contributed by atoms with Crippen molar-refractivity contribution in [2.24, 2.45) is 0 Å². The summed E-state index contributed by atoms with van der Waals surface area (Å²) in [6, 6.07) is 0. The van der Waals surface area contributed by atoms with Gasteiger partial charge in [-0.05, 0) is 29.9 Å². The van der Waals surface area contributed by atoms with Gasteiger partial charge in [0.1, 0.15) is 0 Å². The fourth-order valence-electron chi connectivity index (χ4n) is 2.71. The number of hydrogen-bond donors (Lipinski definition) is 0. The molecule has 0 N–H and O–H groups in total. The maximum atomic E-state index is 4.75. The minimum Gasteiger partial charge on any atom is -0.661 e. The van der Waals surface area contributed by atoms with Crippen molar-refractivity contribution < 1.29 is 20.1 Å². The molecule has 0 saturated heterocycles. The summed E-state index contributed by atoms with van der Waals surface area (Å²) in [5.41, 5.74) is 0. The number of hydrogen-bond acceptors (Lipinski definition) is 1. The molecule has 0 rings (SSSR count). The Morgan fingerprint density at radius 2 is 1.30 bits per heavy atom. The van der Waals surface area contributed by atoms with Crippen molar-refractivity contribution in [3.05, 3.63) is 5.32 Å². The van der Waals surface area contributed by atoms with Crippen LogP contribution in [-0.2, 0) is 20.1 Å². The van der Waals surface area contributed by atoms with Gasteiger partial charge in [-0.2, -0.15) is 0 Å². The predicted octanol–water partition coefficient (Wildman–Crippen LogP) is 4.78. The third-order valence-corrected chi connectivity index (χ3v) is 7.46. The fourth-order valence-corrected chi connectivity index (χ4v) is 6.41. The van der Waals surface area contributed by atoms with Gasteiger partial charge in [0.05, 0.1) is 0 Å². The predicted molar refractivity (Wildman–Crippen MR) is 92.2 cm³/mol. The van der Waals surface area contributed by atoms with Gasteiger partial charge in [-0.3, -0.25) is 0 Å². The maximum absolute atomic E-state index is 4.75. The standard InChI is InChI=1S/C16H36N2P.Ir/c1-9-18(10-2)13-11-17-12-14-19(15(3,4)5)16(6,7)8;/h9-14H2,1-8H3;/q-1;. The number of nitrogens with zero attached hydrogens (tertiary/aromatic N) is 2. The minimum absolute atomic E-state index is 0. The Morgan fingerprint density at radius 1 is 0.850 bits per heavy atom. The minimum atomic E-state index is 0. The monoisotopic (exact) mass is 480 g/mol. The summed E-state index contributed by atoms with van der Waals surface area (Å²) in [6.45, 7) is 24.2. The Kier molecular flexibility index (Phi) is 12.4. The molecule has 0 aromatic rings. The summed E-state index contributed by atoms with van der Waals surface area (Å²) in [5, 5.41) is 5.61. The third-order valence-electron chi connectivity index (χ3n) is 3.57. The van der Waals surface area contributed by atoms with Crippen molar-refractivity contribution in [3.63, 3.8) is 0 Å². The van der Waals surface area contributed by atoms with E-state index in [0.717, 1.165) is 32.7 Å². The molecule has 20 heavy (non-hydrogen) atoms. The third kappa shape index (κ3) is 9.85. The molecule has 0 amide bonds. The van der Waals surface area contributed by atoms with Gasteiger partial charge < -0.3 is 10.2 Å². The molecule has 4 heteroatoms.